The lowest BCUT2D eigenvalue weighted by Crippen LogP contribution is -2.30. The summed E-state index contributed by atoms with van der Waals surface area (Å²) in [5.74, 6) is -0.602. The van der Waals surface area contributed by atoms with Crippen molar-refractivity contribution in [2.75, 3.05) is 19.8 Å². The fourth-order valence-electron chi connectivity index (χ4n) is 1.56. The van der Waals surface area contributed by atoms with Crippen molar-refractivity contribution in [1.82, 2.24) is 5.32 Å². The highest BCUT2D eigenvalue weighted by atomic mass is 19.4. The van der Waals surface area contributed by atoms with Gasteiger partial charge >= 0.3 is 12.4 Å². The van der Waals surface area contributed by atoms with Crippen LogP contribution >= 0.6 is 0 Å². The van der Waals surface area contributed by atoms with E-state index in [1.807, 2.05) is 0 Å². The smallest absolute Gasteiger partial charge is 0.370 e. The Kier molecular flexibility index (Phi) is 6.21. The van der Waals surface area contributed by atoms with Crippen molar-refractivity contribution >= 4 is 5.91 Å². The third-order valence-electron chi connectivity index (χ3n) is 2.45. The lowest BCUT2D eigenvalue weighted by Gasteiger charge is -2.10. The fraction of sp³-hybridized carbons (Fsp3) is 0.462. The molecule has 0 bridgehead atoms. The van der Waals surface area contributed by atoms with Crippen LogP contribution in [0.1, 0.15) is 11.1 Å². The molecule has 1 amide bonds. The monoisotopic (exact) mass is 329 g/mol. The van der Waals surface area contributed by atoms with E-state index in [0.29, 0.717) is 0 Å². The van der Waals surface area contributed by atoms with Gasteiger partial charge in [0.1, 0.15) is 6.61 Å². The molecule has 1 N–H and O–H groups in total. The Morgan fingerprint density at radius 3 is 2.41 bits per heavy atom. The number of ether oxygens (including phenoxy) is 1. The second-order valence-electron chi connectivity index (χ2n) is 4.39. The van der Waals surface area contributed by atoms with E-state index < -0.39 is 30.4 Å². The molecule has 0 aromatic heterocycles. The molecule has 9 heteroatoms. The summed E-state index contributed by atoms with van der Waals surface area (Å²) in [5.41, 5.74) is -0.713. The van der Waals surface area contributed by atoms with Gasteiger partial charge in [-0.3, -0.25) is 4.79 Å². The van der Waals surface area contributed by atoms with Gasteiger partial charge in [0.2, 0.25) is 5.91 Å². The molecule has 0 spiro atoms. The van der Waals surface area contributed by atoms with Crippen molar-refractivity contribution in [3.05, 3.63) is 35.4 Å². The quantitative estimate of drug-likeness (QED) is 0.644. The Morgan fingerprint density at radius 2 is 1.82 bits per heavy atom. The predicted octanol–water partition coefficient (Wildman–Crippen LogP) is 2.94. The molecule has 22 heavy (non-hydrogen) atoms. The maximum absolute atomic E-state index is 12.5. The molecule has 0 aliphatic heterocycles. The van der Waals surface area contributed by atoms with Crippen LogP contribution in [0.15, 0.2) is 24.3 Å². The van der Waals surface area contributed by atoms with Crippen molar-refractivity contribution in [2.24, 2.45) is 0 Å². The summed E-state index contributed by atoms with van der Waals surface area (Å²) in [4.78, 5) is 11.5. The van der Waals surface area contributed by atoms with Crippen LogP contribution in [-0.4, -0.2) is 31.8 Å². The second kappa shape index (κ2) is 7.48. The van der Waals surface area contributed by atoms with E-state index in [1.54, 1.807) is 0 Å². The number of rotatable bonds is 6. The maximum atomic E-state index is 12.5. The highest BCUT2D eigenvalue weighted by Crippen LogP contribution is 2.29. The number of carbonyl (C=O) groups is 1. The maximum Gasteiger partial charge on any atom is 0.416 e. The minimum atomic E-state index is -4.50. The summed E-state index contributed by atoms with van der Waals surface area (Å²) in [6.45, 7) is -1.92. The van der Waals surface area contributed by atoms with Crippen LogP contribution < -0.4 is 5.32 Å². The highest BCUT2D eigenvalue weighted by Gasteiger charge is 2.30. The number of hydrogen-bond donors (Lipinski definition) is 1. The van der Waals surface area contributed by atoms with Crippen LogP contribution in [0.3, 0.4) is 0 Å². The lowest BCUT2D eigenvalue weighted by atomic mass is 10.1. The number of hydrogen-bond acceptors (Lipinski definition) is 2. The van der Waals surface area contributed by atoms with E-state index in [-0.39, 0.29) is 25.1 Å². The molecule has 3 nitrogen and oxygen atoms in total. The first-order valence-corrected chi connectivity index (χ1v) is 6.15. The Bertz CT molecular complexity index is 498. The van der Waals surface area contributed by atoms with Gasteiger partial charge in [-0.05, 0) is 11.6 Å². The standard InChI is InChI=1S/C13H13F6NO2/c14-12(15,16)8-22-5-4-20-11(21)7-9-2-1-3-10(6-9)13(17,18)19/h1-3,6H,4-5,7-8H2,(H,20,21). The average Bonchev–Trinajstić information content (AvgIpc) is 2.36. The zero-order valence-electron chi connectivity index (χ0n) is 11.2. The number of alkyl halides is 6. The molecule has 1 aromatic carbocycles. The number of halogens is 6. The zero-order chi connectivity index (χ0) is 16.8. The minimum absolute atomic E-state index is 0.156. The molecule has 0 aliphatic rings. The van der Waals surface area contributed by atoms with Crippen LogP contribution in [0.5, 0.6) is 0 Å². The van der Waals surface area contributed by atoms with Gasteiger partial charge < -0.3 is 10.1 Å². The topological polar surface area (TPSA) is 38.3 Å². The van der Waals surface area contributed by atoms with Crippen LogP contribution in [-0.2, 0) is 22.1 Å². The SMILES string of the molecule is O=C(Cc1cccc(C(F)(F)F)c1)NCCOCC(F)(F)F. The van der Waals surface area contributed by atoms with Gasteiger partial charge in [-0.1, -0.05) is 18.2 Å². The molecule has 0 unspecified atom stereocenters. The Labute approximate surface area is 122 Å². The molecular weight excluding hydrogens is 316 g/mol. The minimum Gasteiger partial charge on any atom is -0.370 e. The first-order valence-electron chi connectivity index (χ1n) is 6.15. The van der Waals surface area contributed by atoms with Crippen LogP contribution in [0, 0.1) is 0 Å². The molecule has 0 heterocycles. The molecule has 0 fully saturated rings. The van der Waals surface area contributed by atoms with E-state index in [9.17, 15) is 31.1 Å². The van der Waals surface area contributed by atoms with Gasteiger partial charge in [0.15, 0.2) is 0 Å². The summed E-state index contributed by atoms with van der Waals surface area (Å²) in [5, 5.41) is 2.26. The summed E-state index contributed by atoms with van der Waals surface area (Å²) in [7, 11) is 0. The van der Waals surface area contributed by atoms with Crippen LogP contribution in [0.25, 0.3) is 0 Å². The summed E-state index contributed by atoms with van der Waals surface area (Å²) in [6.07, 6.45) is -9.25. The molecule has 0 aliphatic carbocycles. The summed E-state index contributed by atoms with van der Waals surface area (Å²) >= 11 is 0. The van der Waals surface area contributed by atoms with Gasteiger partial charge in [-0.15, -0.1) is 0 Å². The second-order valence-corrected chi connectivity index (χ2v) is 4.39. The van der Waals surface area contributed by atoms with Crippen molar-refractivity contribution in [3.63, 3.8) is 0 Å². The molecule has 1 rings (SSSR count). The molecule has 0 atom stereocenters. The van der Waals surface area contributed by atoms with Gasteiger partial charge in [0.25, 0.3) is 0 Å². The van der Waals surface area contributed by atoms with Gasteiger partial charge in [-0.2, -0.15) is 26.3 Å². The van der Waals surface area contributed by atoms with Crippen molar-refractivity contribution in [1.29, 1.82) is 0 Å². The highest BCUT2D eigenvalue weighted by molar-refractivity contribution is 5.78. The first kappa shape index (κ1) is 18.3. The molecule has 0 saturated heterocycles. The molecule has 124 valence electrons. The van der Waals surface area contributed by atoms with E-state index in [4.69, 9.17) is 0 Å². The largest absolute Gasteiger partial charge is 0.416 e. The van der Waals surface area contributed by atoms with Crippen LogP contribution in [0.2, 0.25) is 0 Å². The Balaban J connectivity index is 2.37. The van der Waals surface area contributed by atoms with Crippen molar-refractivity contribution in [3.8, 4) is 0 Å². The Hall–Kier alpha value is -1.77. The van der Waals surface area contributed by atoms with Crippen molar-refractivity contribution in [2.45, 2.75) is 18.8 Å². The van der Waals surface area contributed by atoms with E-state index in [2.05, 4.69) is 10.1 Å². The fourth-order valence-corrected chi connectivity index (χ4v) is 1.56. The first-order chi connectivity index (χ1) is 10.1. The molecule has 0 saturated carbocycles. The van der Waals surface area contributed by atoms with Crippen LogP contribution in [0.4, 0.5) is 26.3 Å². The Morgan fingerprint density at radius 1 is 1.14 bits per heavy atom. The molecule has 0 radical (unpaired) electrons. The van der Waals surface area contributed by atoms with Gasteiger partial charge in [-0.25, -0.2) is 0 Å². The normalized spacial score (nSPS) is 12.3. The molecular formula is C13H13F6NO2. The van der Waals surface area contributed by atoms with E-state index in [1.165, 1.54) is 12.1 Å². The number of nitrogens with one attached hydrogen (secondary N) is 1. The predicted molar refractivity (Wildman–Crippen MR) is 65.0 cm³/mol. The van der Waals surface area contributed by atoms with Gasteiger partial charge in [0, 0.05) is 6.54 Å². The lowest BCUT2D eigenvalue weighted by molar-refractivity contribution is -0.173. The van der Waals surface area contributed by atoms with E-state index >= 15 is 0 Å². The third kappa shape index (κ3) is 7.30. The average molecular weight is 329 g/mol. The third-order valence-corrected chi connectivity index (χ3v) is 2.45. The number of carbonyl (C=O) groups excluding carboxylic acids is 1. The number of benzene rings is 1. The van der Waals surface area contributed by atoms with E-state index in [0.717, 1.165) is 12.1 Å². The summed E-state index contributed by atoms with van der Waals surface area (Å²) < 4.78 is 77.0. The zero-order valence-corrected chi connectivity index (χ0v) is 11.2. The molecule has 1 aromatic rings. The van der Waals surface area contributed by atoms with Gasteiger partial charge in [0.05, 0.1) is 18.6 Å². The number of amides is 1. The van der Waals surface area contributed by atoms with Crippen molar-refractivity contribution < 1.29 is 35.9 Å². The summed E-state index contributed by atoms with van der Waals surface area (Å²) in [6, 6.07) is 4.26.